The Kier molecular flexibility index (Phi) is 18.7. The lowest BCUT2D eigenvalue weighted by atomic mass is 10.0. The van der Waals surface area contributed by atoms with E-state index >= 15 is 0 Å². The molecule has 1 aromatic carbocycles. The van der Waals surface area contributed by atoms with E-state index in [-0.39, 0.29) is 5.56 Å². The first-order valence-electron chi connectivity index (χ1n) is 12.0. The third-order valence-corrected chi connectivity index (χ3v) is 5.33. The van der Waals surface area contributed by atoms with Crippen LogP contribution < -0.4 is 0 Å². The Morgan fingerprint density at radius 2 is 0.968 bits per heavy atom. The van der Waals surface area contributed by atoms with Gasteiger partial charge in [-0.3, -0.25) is 0 Å². The van der Waals surface area contributed by atoms with Crippen molar-refractivity contribution < 1.29 is 30.3 Å². The summed E-state index contributed by atoms with van der Waals surface area (Å²) in [5.41, 5.74) is -0.289. The highest BCUT2D eigenvalue weighted by Gasteiger charge is 2.11. The van der Waals surface area contributed by atoms with Gasteiger partial charge in [-0.1, -0.05) is 103 Å². The Morgan fingerprint density at radius 1 is 0.645 bits per heavy atom. The van der Waals surface area contributed by atoms with Crippen molar-refractivity contribution in [2.75, 3.05) is 6.61 Å². The summed E-state index contributed by atoms with van der Waals surface area (Å²) in [4.78, 5) is 10.3. The van der Waals surface area contributed by atoms with Crippen molar-refractivity contribution in [3.8, 4) is 17.2 Å². The Labute approximate surface area is 188 Å². The Morgan fingerprint density at radius 3 is 1.26 bits per heavy atom. The minimum atomic E-state index is -1.29. The average Bonchev–Trinajstić information content (AvgIpc) is 2.75. The highest BCUT2D eigenvalue weighted by atomic mass is 16.4. The molecule has 5 N–H and O–H groups in total. The number of aliphatic hydroxyl groups excluding tert-OH is 1. The molecule has 0 heterocycles. The number of benzene rings is 1. The largest absolute Gasteiger partial charge is 0.504 e. The first-order valence-corrected chi connectivity index (χ1v) is 12.0. The van der Waals surface area contributed by atoms with Crippen molar-refractivity contribution in [3.05, 3.63) is 17.7 Å². The molecule has 180 valence electrons. The lowest BCUT2D eigenvalue weighted by Crippen LogP contribution is -1.95. The van der Waals surface area contributed by atoms with Crippen molar-refractivity contribution in [2.24, 2.45) is 0 Å². The van der Waals surface area contributed by atoms with Crippen molar-refractivity contribution in [1.82, 2.24) is 0 Å². The number of aromatic carboxylic acids is 1. The number of hydrogen-bond donors (Lipinski definition) is 5. The lowest BCUT2D eigenvalue weighted by molar-refractivity contribution is 0.0696. The van der Waals surface area contributed by atoms with Crippen molar-refractivity contribution in [1.29, 1.82) is 0 Å². The number of phenols is 3. The van der Waals surface area contributed by atoms with E-state index in [2.05, 4.69) is 6.92 Å². The van der Waals surface area contributed by atoms with E-state index in [1.807, 2.05) is 0 Å². The summed E-state index contributed by atoms with van der Waals surface area (Å²) in [5, 5.41) is 43.6. The summed E-state index contributed by atoms with van der Waals surface area (Å²) in [6.07, 6.45) is 22.2. The molecule has 0 atom stereocenters. The van der Waals surface area contributed by atoms with Crippen LogP contribution in [0.25, 0.3) is 0 Å². The van der Waals surface area contributed by atoms with Gasteiger partial charge in [0.25, 0.3) is 0 Å². The first-order chi connectivity index (χ1) is 14.9. The molecule has 0 unspecified atom stereocenters. The van der Waals surface area contributed by atoms with Crippen LogP contribution >= 0.6 is 0 Å². The molecule has 6 heteroatoms. The zero-order chi connectivity index (χ0) is 23.3. The van der Waals surface area contributed by atoms with Crippen LogP contribution in [0.15, 0.2) is 12.1 Å². The molecule has 31 heavy (non-hydrogen) atoms. The first kappa shape index (κ1) is 29.1. The summed E-state index contributed by atoms with van der Waals surface area (Å²) in [6.45, 7) is 2.66. The van der Waals surface area contributed by atoms with E-state index in [1.165, 1.54) is 96.3 Å². The molecule has 1 aromatic rings. The highest BCUT2D eigenvalue weighted by molar-refractivity contribution is 5.89. The average molecular weight is 441 g/mol. The molecule has 0 radical (unpaired) electrons. The number of carbonyl (C=O) groups is 1. The normalized spacial score (nSPS) is 10.5. The predicted molar refractivity (Wildman–Crippen MR) is 125 cm³/mol. The van der Waals surface area contributed by atoms with Crippen LogP contribution in [-0.4, -0.2) is 38.1 Å². The van der Waals surface area contributed by atoms with Gasteiger partial charge in [-0.2, -0.15) is 0 Å². The molecule has 0 spiro atoms. The molecule has 0 aliphatic carbocycles. The van der Waals surface area contributed by atoms with E-state index in [0.29, 0.717) is 6.61 Å². The van der Waals surface area contributed by atoms with Crippen LogP contribution in [0.3, 0.4) is 0 Å². The second kappa shape index (κ2) is 20.0. The third-order valence-electron chi connectivity index (χ3n) is 5.33. The standard InChI is InChI=1S/C18H38O.C7H6O5/c1-2-3-4-5-6-7-8-9-10-11-12-13-14-15-16-17-18-19;8-4-1-3(7(11)12)2-5(9)6(4)10/h19H,2-18H2,1H3;1-2,8-10H,(H,11,12). The van der Waals surface area contributed by atoms with Crippen LogP contribution in [0.4, 0.5) is 0 Å². The maximum absolute atomic E-state index is 10.3. The van der Waals surface area contributed by atoms with Crippen LogP contribution in [0, 0.1) is 0 Å². The molecule has 0 aliphatic rings. The number of aromatic hydroxyl groups is 3. The minimum Gasteiger partial charge on any atom is -0.504 e. The van der Waals surface area contributed by atoms with Gasteiger partial charge in [0.2, 0.25) is 0 Å². The summed E-state index contributed by atoms with van der Waals surface area (Å²) in [7, 11) is 0. The Bertz CT molecular complexity index is 534. The van der Waals surface area contributed by atoms with Crippen LogP contribution in [0.5, 0.6) is 17.2 Å². The summed E-state index contributed by atoms with van der Waals surface area (Å²) >= 11 is 0. The zero-order valence-corrected chi connectivity index (χ0v) is 19.3. The molecule has 1 rings (SSSR count). The van der Waals surface area contributed by atoms with Crippen LogP contribution in [0.1, 0.15) is 120 Å². The van der Waals surface area contributed by atoms with Gasteiger partial charge in [0.05, 0.1) is 5.56 Å². The third kappa shape index (κ3) is 16.4. The van der Waals surface area contributed by atoms with E-state index in [4.69, 9.17) is 25.5 Å². The fourth-order valence-corrected chi connectivity index (χ4v) is 3.39. The smallest absolute Gasteiger partial charge is 0.335 e. The van der Waals surface area contributed by atoms with Crippen molar-refractivity contribution >= 4 is 5.97 Å². The molecule has 0 fully saturated rings. The van der Waals surface area contributed by atoms with Crippen molar-refractivity contribution in [3.63, 3.8) is 0 Å². The van der Waals surface area contributed by atoms with Crippen LogP contribution in [-0.2, 0) is 0 Å². The van der Waals surface area contributed by atoms with Gasteiger partial charge < -0.3 is 25.5 Å². The van der Waals surface area contributed by atoms with E-state index in [0.717, 1.165) is 18.6 Å². The maximum atomic E-state index is 10.3. The zero-order valence-electron chi connectivity index (χ0n) is 19.3. The van der Waals surface area contributed by atoms with E-state index < -0.39 is 23.2 Å². The second-order valence-corrected chi connectivity index (χ2v) is 8.20. The molecule has 0 bridgehead atoms. The van der Waals surface area contributed by atoms with Gasteiger partial charge in [-0.25, -0.2) is 4.79 Å². The molecule has 0 aliphatic heterocycles. The fraction of sp³-hybridized carbons (Fsp3) is 0.720. The topological polar surface area (TPSA) is 118 Å². The number of unbranched alkanes of at least 4 members (excludes halogenated alkanes) is 15. The number of carboxylic acid groups (broad SMARTS) is 1. The minimum absolute atomic E-state index is 0.289. The number of phenolic OH excluding ortho intramolecular Hbond substituents is 3. The molecule has 0 amide bonds. The number of carboxylic acids is 1. The van der Waals surface area contributed by atoms with E-state index in [9.17, 15) is 4.79 Å². The molecule has 6 nitrogen and oxygen atoms in total. The number of rotatable bonds is 17. The van der Waals surface area contributed by atoms with Gasteiger partial charge in [0.15, 0.2) is 17.2 Å². The van der Waals surface area contributed by atoms with Gasteiger partial charge in [-0.15, -0.1) is 0 Å². The highest BCUT2D eigenvalue weighted by Crippen LogP contribution is 2.35. The Hall–Kier alpha value is -1.95. The number of hydrogen-bond acceptors (Lipinski definition) is 5. The fourth-order valence-electron chi connectivity index (χ4n) is 3.39. The predicted octanol–water partition coefficient (Wildman–Crippen LogP) is 6.74. The second-order valence-electron chi connectivity index (χ2n) is 8.20. The van der Waals surface area contributed by atoms with Gasteiger partial charge >= 0.3 is 5.97 Å². The Balaban J connectivity index is 0.000000639. The SMILES string of the molecule is CCCCCCCCCCCCCCCCCCO.O=C(O)c1cc(O)c(O)c(O)c1. The monoisotopic (exact) mass is 440 g/mol. The van der Waals surface area contributed by atoms with Crippen LogP contribution in [0.2, 0.25) is 0 Å². The molecular formula is C25H44O6. The summed E-state index contributed by atoms with van der Waals surface area (Å²) in [5.74, 6) is -3.33. The molecule has 0 aromatic heterocycles. The molecule has 0 saturated carbocycles. The van der Waals surface area contributed by atoms with Gasteiger partial charge in [0.1, 0.15) is 0 Å². The lowest BCUT2D eigenvalue weighted by Gasteiger charge is -2.03. The van der Waals surface area contributed by atoms with Gasteiger partial charge in [0, 0.05) is 6.61 Å². The molecular weight excluding hydrogens is 396 g/mol. The summed E-state index contributed by atoms with van der Waals surface area (Å²) < 4.78 is 0. The van der Waals surface area contributed by atoms with Gasteiger partial charge in [-0.05, 0) is 18.6 Å². The number of aliphatic hydroxyl groups is 1. The maximum Gasteiger partial charge on any atom is 0.335 e. The van der Waals surface area contributed by atoms with E-state index in [1.54, 1.807) is 0 Å². The van der Waals surface area contributed by atoms with Crippen molar-refractivity contribution in [2.45, 2.75) is 110 Å². The summed E-state index contributed by atoms with van der Waals surface area (Å²) in [6, 6.07) is 1.69. The quantitative estimate of drug-likeness (QED) is 0.135. The molecule has 0 saturated heterocycles.